The zero-order valence-electron chi connectivity index (χ0n) is 12.6. The van der Waals surface area contributed by atoms with Crippen LogP contribution >= 0.6 is 11.3 Å². The lowest BCUT2D eigenvalue weighted by Crippen LogP contribution is -2.37. The molecule has 5 nitrogen and oxygen atoms in total. The van der Waals surface area contributed by atoms with Crippen molar-refractivity contribution >= 4 is 17.3 Å². The van der Waals surface area contributed by atoms with Crippen molar-refractivity contribution in [1.82, 2.24) is 10.3 Å². The number of hydrogen-bond acceptors (Lipinski definition) is 4. The maximum absolute atomic E-state index is 6.01. The normalized spacial score (nSPS) is 17.7. The van der Waals surface area contributed by atoms with Crippen LogP contribution in [-0.2, 0) is 6.42 Å². The van der Waals surface area contributed by atoms with E-state index in [0.717, 1.165) is 34.9 Å². The first-order valence-electron chi connectivity index (χ1n) is 7.41. The number of rotatable bonds is 4. The van der Waals surface area contributed by atoms with E-state index in [2.05, 4.69) is 26.7 Å². The fraction of sp³-hybridized carbons (Fsp3) is 0.375. The number of hydrogen-bond donors (Lipinski definition) is 2. The molecule has 2 aromatic rings. The molecule has 1 aliphatic heterocycles. The van der Waals surface area contributed by atoms with E-state index in [1.54, 1.807) is 11.3 Å². The molecule has 0 radical (unpaired) electrons. The van der Waals surface area contributed by atoms with Gasteiger partial charge in [0.15, 0.2) is 5.96 Å². The van der Waals surface area contributed by atoms with Crippen LogP contribution in [0.3, 0.4) is 0 Å². The molecular formula is C16H20N4OS. The van der Waals surface area contributed by atoms with E-state index < -0.39 is 0 Å². The lowest BCUT2D eigenvalue weighted by molar-refractivity contribution is 0.262. The highest BCUT2D eigenvalue weighted by Crippen LogP contribution is 2.31. The highest BCUT2D eigenvalue weighted by molar-refractivity contribution is 7.09. The molecular weight excluding hydrogens is 296 g/mol. The summed E-state index contributed by atoms with van der Waals surface area (Å²) in [5, 5.41) is 6.46. The van der Waals surface area contributed by atoms with Crippen LogP contribution in [0.2, 0.25) is 0 Å². The van der Waals surface area contributed by atoms with Crippen LogP contribution in [-0.4, -0.2) is 24.1 Å². The quantitative estimate of drug-likeness (QED) is 0.671. The first-order valence-corrected chi connectivity index (χ1v) is 8.29. The monoisotopic (exact) mass is 316 g/mol. The Labute approximate surface area is 134 Å². The number of ether oxygens (including phenoxy) is 1. The highest BCUT2D eigenvalue weighted by atomic mass is 32.1. The number of nitrogens with two attached hydrogens (primary N) is 1. The number of aliphatic imine (C=N–C) groups is 1. The molecule has 1 aliphatic rings. The van der Waals surface area contributed by atoms with E-state index in [-0.39, 0.29) is 6.04 Å². The van der Waals surface area contributed by atoms with Crippen LogP contribution in [0, 0.1) is 6.92 Å². The molecule has 2 heterocycles. The van der Waals surface area contributed by atoms with Gasteiger partial charge >= 0.3 is 0 Å². The number of guanidine groups is 1. The summed E-state index contributed by atoms with van der Waals surface area (Å²) in [5.74, 6) is 1.41. The number of nitrogens with one attached hydrogen (secondary N) is 1. The molecule has 0 aliphatic carbocycles. The average Bonchev–Trinajstić information content (AvgIpc) is 2.93. The summed E-state index contributed by atoms with van der Waals surface area (Å²) in [4.78, 5) is 8.83. The molecule has 1 unspecified atom stereocenters. The van der Waals surface area contributed by atoms with Gasteiger partial charge in [0, 0.05) is 30.3 Å². The maximum atomic E-state index is 6.01. The zero-order chi connectivity index (χ0) is 15.4. The summed E-state index contributed by atoms with van der Waals surface area (Å²) in [6.45, 7) is 3.35. The Bertz CT molecular complexity index is 668. The second-order valence-corrected chi connectivity index (χ2v) is 6.31. The van der Waals surface area contributed by atoms with Gasteiger partial charge in [0.1, 0.15) is 5.75 Å². The van der Waals surface area contributed by atoms with Gasteiger partial charge in [0.2, 0.25) is 0 Å². The topological polar surface area (TPSA) is 72.5 Å². The minimum Gasteiger partial charge on any atom is -0.493 e. The van der Waals surface area contributed by atoms with Gasteiger partial charge in [-0.25, -0.2) is 4.98 Å². The van der Waals surface area contributed by atoms with Crippen molar-refractivity contribution in [3.05, 3.63) is 45.9 Å². The predicted molar refractivity (Wildman–Crippen MR) is 89.5 cm³/mol. The number of benzene rings is 1. The molecule has 116 valence electrons. The van der Waals surface area contributed by atoms with Crippen LogP contribution in [0.1, 0.15) is 28.7 Å². The van der Waals surface area contributed by atoms with Crippen molar-refractivity contribution in [2.75, 3.05) is 13.2 Å². The maximum Gasteiger partial charge on any atom is 0.189 e. The second-order valence-electron chi connectivity index (χ2n) is 5.25. The van der Waals surface area contributed by atoms with Crippen molar-refractivity contribution < 1.29 is 4.74 Å². The Morgan fingerprint density at radius 3 is 3.18 bits per heavy atom. The average molecular weight is 316 g/mol. The predicted octanol–water partition coefficient (Wildman–Crippen LogP) is 2.42. The van der Waals surface area contributed by atoms with Crippen molar-refractivity contribution in [2.45, 2.75) is 25.8 Å². The Hall–Kier alpha value is -2.08. The molecule has 22 heavy (non-hydrogen) atoms. The lowest BCUT2D eigenvalue weighted by Gasteiger charge is -2.26. The number of thiazole rings is 1. The molecule has 0 saturated heterocycles. The van der Waals surface area contributed by atoms with Crippen molar-refractivity contribution in [1.29, 1.82) is 0 Å². The van der Waals surface area contributed by atoms with Crippen LogP contribution in [0.5, 0.6) is 5.75 Å². The summed E-state index contributed by atoms with van der Waals surface area (Å²) in [6.07, 6.45) is 1.70. The van der Waals surface area contributed by atoms with Gasteiger partial charge < -0.3 is 15.8 Å². The second kappa shape index (κ2) is 6.79. The van der Waals surface area contributed by atoms with Gasteiger partial charge in [-0.3, -0.25) is 4.99 Å². The summed E-state index contributed by atoms with van der Waals surface area (Å²) in [7, 11) is 0. The number of para-hydroxylation sites is 1. The Morgan fingerprint density at radius 1 is 1.50 bits per heavy atom. The van der Waals surface area contributed by atoms with Crippen LogP contribution in [0.15, 0.2) is 34.6 Å². The molecule has 0 bridgehead atoms. The van der Waals surface area contributed by atoms with Crippen LogP contribution < -0.4 is 15.8 Å². The van der Waals surface area contributed by atoms with Gasteiger partial charge in [-0.15, -0.1) is 11.3 Å². The first kappa shape index (κ1) is 14.8. The number of fused-ring (bicyclic) bond motifs is 1. The third-order valence-electron chi connectivity index (χ3n) is 3.60. The summed E-state index contributed by atoms with van der Waals surface area (Å²) in [6, 6.07) is 8.21. The molecule has 3 N–H and O–H groups in total. The summed E-state index contributed by atoms with van der Waals surface area (Å²) in [5.41, 5.74) is 8.23. The molecule has 1 aromatic carbocycles. The van der Waals surface area contributed by atoms with Gasteiger partial charge in [0.05, 0.1) is 23.4 Å². The molecule has 6 heteroatoms. The van der Waals surface area contributed by atoms with Crippen molar-refractivity contribution in [3.8, 4) is 5.75 Å². The number of aryl methyl sites for hydroxylation is 1. The number of nitrogens with zero attached hydrogens (tertiary/aromatic N) is 2. The SMILES string of the molecule is Cc1nc(CCN=C(N)NC2CCOc3ccccc32)cs1. The fourth-order valence-electron chi connectivity index (χ4n) is 2.53. The molecule has 0 fully saturated rings. The minimum absolute atomic E-state index is 0.162. The number of aromatic nitrogens is 1. The Balaban J connectivity index is 1.57. The third-order valence-corrected chi connectivity index (χ3v) is 4.42. The molecule has 0 spiro atoms. The van der Waals surface area contributed by atoms with Crippen LogP contribution in [0.25, 0.3) is 0 Å². The molecule has 3 rings (SSSR count). The van der Waals surface area contributed by atoms with E-state index in [1.807, 2.05) is 25.1 Å². The minimum atomic E-state index is 0.162. The third kappa shape index (κ3) is 3.57. The molecule has 0 saturated carbocycles. The largest absolute Gasteiger partial charge is 0.493 e. The Kier molecular flexibility index (Phi) is 4.58. The Morgan fingerprint density at radius 2 is 2.36 bits per heavy atom. The summed E-state index contributed by atoms with van der Waals surface area (Å²) < 4.78 is 5.65. The van der Waals surface area contributed by atoms with E-state index in [9.17, 15) is 0 Å². The van der Waals surface area contributed by atoms with E-state index in [4.69, 9.17) is 10.5 Å². The van der Waals surface area contributed by atoms with E-state index in [0.29, 0.717) is 19.1 Å². The van der Waals surface area contributed by atoms with Gasteiger partial charge in [-0.2, -0.15) is 0 Å². The zero-order valence-corrected chi connectivity index (χ0v) is 13.4. The molecule has 1 atom stereocenters. The summed E-state index contributed by atoms with van der Waals surface area (Å²) >= 11 is 1.66. The van der Waals surface area contributed by atoms with Gasteiger partial charge in [0.25, 0.3) is 0 Å². The highest BCUT2D eigenvalue weighted by Gasteiger charge is 2.21. The smallest absolute Gasteiger partial charge is 0.189 e. The van der Waals surface area contributed by atoms with Gasteiger partial charge in [-0.05, 0) is 13.0 Å². The van der Waals surface area contributed by atoms with Crippen molar-refractivity contribution in [3.63, 3.8) is 0 Å². The van der Waals surface area contributed by atoms with Gasteiger partial charge in [-0.1, -0.05) is 18.2 Å². The molecule has 1 aromatic heterocycles. The van der Waals surface area contributed by atoms with E-state index in [1.165, 1.54) is 0 Å². The fourth-order valence-corrected chi connectivity index (χ4v) is 3.18. The molecule has 0 amide bonds. The van der Waals surface area contributed by atoms with E-state index >= 15 is 0 Å². The standard InChI is InChI=1S/C16H20N4OS/c1-11-19-12(10-22-11)6-8-18-16(17)20-14-7-9-21-15-5-3-2-4-13(14)15/h2-5,10,14H,6-9H2,1H3,(H3,17,18,20). The lowest BCUT2D eigenvalue weighted by atomic mass is 10.0. The van der Waals surface area contributed by atoms with Crippen LogP contribution in [0.4, 0.5) is 0 Å². The van der Waals surface area contributed by atoms with Crippen molar-refractivity contribution in [2.24, 2.45) is 10.7 Å². The first-order chi connectivity index (χ1) is 10.7.